The zero-order valence-corrected chi connectivity index (χ0v) is 25.2. The Morgan fingerprint density at radius 3 is 2.51 bits per heavy atom. The fourth-order valence-corrected chi connectivity index (χ4v) is 5.88. The van der Waals surface area contributed by atoms with Crippen LogP contribution in [0.2, 0.25) is 0 Å². The minimum absolute atomic E-state index is 0.123. The summed E-state index contributed by atoms with van der Waals surface area (Å²) in [5, 5.41) is 23.9. The van der Waals surface area contributed by atoms with E-state index >= 15 is 0 Å². The molecule has 1 aliphatic carbocycles. The molecule has 0 unspecified atom stereocenters. The van der Waals surface area contributed by atoms with E-state index < -0.39 is 5.97 Å². The largest absolute Gasteiger partial charge is 0.491 e. The predicted octanol–water partition coefficient (Wildman–Crippen LogP) is 7.62. The quantitative estimate of drug-likeness (QED) is 0.147. The van der Waals surface area contributed by atoms with E-state index in [1.54, 1.807) is 17.5 Å². The van der Waals surface area contributed by atoms with E-state index in [1.165, 1.54) is 16.9 Å². The number of aromatic nitrogens is 2. The van der Waals surface area contributed by atoms with Crippen LogP contribution in [0.3, 0.4) is 0 Å². The molecule has 0 aliphatic heterocycles. The predicted molar refractivity (Wildman–Crippen MR) is 172 cm³/mol. The minimum Gasteiger partial charge on any atom is -0.491 e. The second-order valence-corrected chi connectivity index (χ2v) is 11.5. The van der Waals surface area contributed by atoms with Gasteiger partial charge in [0.25, 0.3) is 5.91 Å². The number of pyridine rings is 1. The van der Waals surface area contributed by atoms with Crippen LogP contribution >= 0.6 is 11.3 Å². The highest BCUT2D eigenvalue weighted by molar-refractivity contribution is 7.13. The molecule has 0 bridgehead atoms. The van der Waals surface area contributed by atoms with E-state index in [1.807, 2.05) is 72.8 Å². The molecule has 0 spiro atoms. The molecule has 45 heavy (non-hydrogen) atoms. The summed E-state index contributed by atoms with van der Waals surface area (Å²) >= 11 is 1.27. The Morgan fingerprint density at radius 2 is 1.73 bits per heavy atom. The van der Waals surface area contributed by atoms with Gasteiger partial charge in [0.1, 0.15) is 5.69 Å². The SMILES string of the molecule is O=C(NCc1ccccc1)c1csc(N=N[C@H]2CCCc3ccc(-c4ccc(OCCc5ccccc5)c(C(=O)O)n4)cc32)n1. The number of carbonyl (C=O) groups excluding carboxylic acids is 1. The Kier molecular flexibility index (Phi) is 9.31. The molecule has 10 heteroatoms. The molecule has 2 heterocycles. The maximum atomic E-state index is 12.6. The van der Waals surface area contributed by atoms with Crippen molar-refractivity contribution in [2.75, 3.05) is 6.61 Å². The summed E-state index contributed by atoms with van der Waals surface area (Å²) in [6.07, 6.45) is 3.37. The average molecular weight is 618 g/mol. The van der Waals surface area contributed by atoms with Gasteiger partial charge in [-0.2, -0.15) is 5.11 Å². The van der Waals surface area contributed by atoms with E-state index in [0.29, 0.717) is 36.1 Å². The Labute approximate surface area is 264 Å². The first-order valence-electron chi connectivity index (χ1n) is 14.8. The number of nitrogens with zero attached hydrogens (tertiary/aromatic N) is 4. The van der Waals surface area contributed by atoms with Crippen LogP contribution in [-0.2, 0) is 19.4 Å². The molecule has 0 radical (unpaired) electrons. The number of fused-ring (bicyclic) bond motifs is 1. The summed E-state index contributed by atoms with van der Waals surface area (Å²) in [7, 11) is 0. The van der Waals surface area contributed by atoms with Crippen molar-refractivity contribution in [1.29, 1.82) is 0 Å². The van der Waals surface area contributed by atoms with Crippen molar-refractivity contribution in [3.05, 3.63) is 130 Å². The third-order valence-electron chi connectivity index (χ3n) is 7.58. The summed E-state index contributed by atoms with van der Waals surface area (Å²) in [4.78, 5) is 33.5. The van der Waals surface area contributed by atoms with Crippen molar-refractivity contribution in [2.24, 2.45) is 10.2 Å². The highest BCUT2D eigenvalue weighted by atomic mass is 32.1. The second kappa shape index (κ2) is 14.0. The summed E-state index contributed by atoms with van der Waals surface area (Å²) in [5.41, 5.74) is 5.84. The van der Waals surface area contributed by atoms with Crippen molar-refractivity contribution in [3.8, 4) is 17.0 Å². The number of thiazole rings is 1. The molecule has 0 saturated heterocycles. The van der Waals surface area contributed by atoms with Crippen LogP contribution in [0.5, 0.6) is 5.75 Å². The first kappa shape index (κ1) is 29.8. The highest BCUT2D eigenvalue weighted by Gasteiger charge is 2.22. The maximum absolute atomic E-state index is 12.6. The van der Waals surface area contributed by atoms with Gasteiger partial charge in [0.2, 0.25) is 5.13 Å². The summed E-state index contributed by atoms with van der Waals surface area (Å²) in [6.45, 7) is 0.762. The van der Waals surface area contributed by atoms with Crippen molar-refractivity contribution in [1.82, 2.24) is 15.3 Å². The van der Waals surface area contributed by atoms with E-state index in [9.17, 15) is 14.7 Å². The van der Waals surface area contributed by atoms with Crippen LogP contribution in [-0.4, -0.2) is 33.6 Å². The average Bonchev–Trinajstić information content (AvgIpc) is 3.56. The number of carboxylic acids is 1. The van der Waals surface area contributed by atoms with Crippen LogP contribution in [0.15, 0.2) is 107 Å². The number of hydrogen-bond acceptors (Lipinski definition) is 8. The van der Waals surface area contributed by atoms with Gasteiger partial charge in [0.15, 0.2) is 11.4 Å². The number of azo groups is 1. The summed E-state index contributed by atoms with van der Waals surface area (Å²) in [6, 6.07) is 28.9. The fourth-order valence-electron chi connectivity index (χ4n) is 5.26. The Balaban J connectivity index is 1.15. The van der Waals surface area contributed by atoms with E-state index in [0.717, 1.165) is 41.5 Å². The molecule has 5 aromatic rings. The molecule has 1 amide bonds. The van der Waals surface area contributed by atoms with Crippen molar-refractivity contribution >= 4 is 28.3 Å². The molecule has 226 valence electrons. The Hall–Kier alpha value is -5.22. The molecule has 2 N–H and O–H groups in total. The highest BCUT2D eigenvalue weighted by Crippen LogP contribution is 2.37. The van der Waals surface area contributed by atoms with Gasteiger partial charge in [0.05, 0.1) is 18.3 Å². The number of aromatic carboxylic acids is 1. The van der Waals surface area contributed by atoms with Gasteiger partial charge in [-0.25, -0.2) is 14.8 Å². The third kappa shape index (κ3) is 7.47. The maximum Gasteiger partial charge on any atom is 0.358 e. The third-order valence-corrected chi connectivity index (χ3v) is 8.30. The van der Waals surface area contributed by atoms with Crippen molar-refractivity contribution in [2.45, 2.75) is 38.3 Å². The van der Waals surface area contributed by atoms with E-state index in [4.69, 9.17) is 4.74 Å². The molecule has 1 aliphatic rings. The van der Waals surface area contributed by atoms with Crippen LogP contribution < -0.4 is 10.1 Å². The smallest absolute Gasteiger partial charge is 0.358 e. The van der Waals surface area contributed by atoms with Gasteiger partial charge >= 0.3 is 5.97 Å². The number of aryl methyl sites for hydroxylation is 1. The molecule has 0 fully saturated rings. The first-order valence-corrected chi connectivity index (χ1v) is 15.6. The van der Waals surface area contributed by atoms with Gasteiger partial charge in [-0.1, -0.05) is 72.8 Å². The number of benzene rings is 3. The van der Waals surface area contributed by atoms with E-state index in [-0.39, 0.29) is 23.4 Å². The molecule has 2 aromatic heterocycles. The molecule has 0 saturated carbocycles. The van der Waals surface area contributed by atoms with Crippen LogP contribution in [0.1, 0.15) is 62.1 Å². The van der Waals surface area contributed by atoms with Gasteiger partial charge in [-0.05, 0) is 59.7 Å². The summed E-state index contributed by atoms with van der Waals surface area (Å²) < 4.78 is 5.82. The molecular weight excluding hydrogens is 586 g/mol. The number of ether oxygens (including phenoxy) is 1. The van der Waals surface area contributed by atoms with Crippen LogP contribution in [0.25, 0.3) is 11.3 Å². The molecule has 3 aromatic carbocycles. The number of carboxylic acid groups (broad SMARTS) is 1. The minimum atomic E-state index is -1.15. The number of nitrogens with one attached hydrogen (secondary N) is 1. The Bertz CT molecular complexity index is 1820. The van der Waals surface area contributed by atoms with Gasteiger partial charge < -0.3 is 15.2 Å². The zero-order valence-electron chi connectivity index (χ0n) is 24.4. The second-order valence-electron chi connectivity index (χ2n) is 10.7. The number of hydrogen-bond donors (Lipinski definition) is 2. The van der Waals surface area contributed by atoms with Gasteiger partial charge in [0, 0.05) is 23.9 Å². The normalized spacial score (nSPS) is 14.2. The van der Waals surface area contributed by atoms with Crippen LogP contribution in [0.4, 0.5) is 5.13 Å². The standard InChI is InChI=1S/C35H31N5O4S/c41-33(36-21-24-10-5-2-6-11-24)30-22-45-35(38-30)40-39-29-13-7-12-25-14-15-26(20-27(25)29)28-16-17-31(32(37-28)34(42)43)44-19-18-23-8-3-1-4-9-23/h1-6,8-11,14-17,20,22,29H,7,12-13,18-19,21H2,(H,36,41)(H,42,43)/t29-/m0/s1. The number of carbonyl (C=O) groups is 2. The topological polar surface area (TPSA) is 126 Å². The first-order chi connectivity index (χ1) is 22.0. The van der Waals surface area contributed by atoms with Gasteiger partial charge in [-0.3, -0.25) is 4.79 Å². The zero-order chi connectivity index (χ0) is 31.0. The van der Waals surface area contributed by atoms with Gasteiger partial charge in [-0.15, -0.1) is 16.5 Å². The lowest BCUT2D eigenvalue weighted by atomic mass is 9.86. The molecule has 9 nitrogen and oxygen atoms in total. The fraction of sp³-hybridized carbons (Fsp3) is 0.200. The molecular formula is C35H31N5O4S. The van der Waals surface area contributed by atoms with Crippen LogP contribution in [0, 0.1) is 0 Å². The monoisotopic (exact) mass is 617 g/mol. The van der Waals surface area contributed by atoms with Crippen molar-refractivity contribution in [3.63, 3.8) is 0 Å². The summed E-state index contributed by atoms with van der Waals surface area (Å²) in [5.74, 6) is -1.17. The lowest BCUT2D eigenvalue weighted by molar-refractivity contribution is 0.0685. The lowest BCUT2D eigenvalue weighted by Crippen LogP contribution is -2.22. The number of amides is 1. The number of rotatable bonds is 11. The van der Waals surface area contributed by atoms with E-state index in [2.05, 4.69) is 31.6 Å². The molecule has 1 atom stereocenters. The Morgan fingerprint density at radius 1 is 0.956 bits per heavy atom. The molecule has 6 rings (SSSR count). The van der Waals surface area contributed by atoms with Crippen molar-refractivity contribution < 1.29 is 19.4 Å². The lowest BCUT2D eigenvalue weighted by Gasteiger charge is -2.22.